The van der Waals surface area contributed by atoms with E-state index in [9.17, 15) is 0 Å². The molecular weight excluding hydrogens is 447 g/mol. The van der Waals surface area contributed by atoms with E-state index < -0.39 is 0 Å². The molecule has 1 aliphatic heterocycles. The Morgan fingerprint density at radius 1 is 1.42 bits per heavy atom. The van der Waals surface area contributed by atoms with Gasteiger partial charge >= 0.3 is 0 Å². The molecule has 1 aromatic heterocycles. The maximum atomic E-state index is 5.67. The molecule has 1 aromatic rings. The SMILES string of the molecule is CCNC(=NCc1cc(C(C)C)no1)NCCCOCC1CCCO1.I. The number of hydrogen-bond acceptors (Lipinski definition) is 5. The molecule has 1 unspecified atom stereocenters. The van der Waals surface area contributed by atoms with Gasteiger partial charge in [-0.05, 0) is 32.1 Å². The molecule has 1 aliphatic rings. The third-order valence-corrected chi connectivity index (χ3v) is 3.99. The minimum atomic E-state index is 0. The van der Waals surface area contributed by atoms with Crippen molar-refractivity contribution in [2.45, 2.75) is 58.6 Å². The van der Waals surface area contributed by atoms with Crippen LogP contribution in [0.15, 0.2) is 15.6 Å². The quantitative estimate of drug-likeness (QED) is 0.232. The molecule has 2 rings (SSSR count). The number of ether oxygens (including phenoxy) is 2. The summed E-state index contributed by atoms with van der Waals surface area (Å²) < 4.78 is 16.5. The van der Waals surface area contributed by atoms with Crippen LogP contribution >= 0.6 is 24.0 Å². The van der Waals surface area contributed by atoms with Crippen LogP contribution < -0.4 is 10.6 Å². The van der Waals surface area contributed by atoms with Crippen molar-refractivity contribution >= 4 is 29.9 Å². The van der Waals surface area contributed by atoms with Crippen molar-refractivity contribution in [1.29, 1.82) is 0 Å². The third-order valence-electron chi connectivity index (χ3n) is 3.99. The van der Waals surface area contributed by atoms with Gasteiger partial charge in [-0.3, -0.25) is 0 Å². The lowest BCUT2D eigenvalue weighted by Gasteiger charge is -2.12. The fourth-order valence-electron chi connectivity index (χ4n) is 2.55. The summed E-state index contributed by atoms with van der Waals surface area (Å²) in [5.41, 5.74) is 0.964. The molecule has 0 bridgehead atoms. The van der Waals surface area contributed by atoms with Gasteiger partial charge in [0.15, 0.2) is 11.7 Å². The molecule has 1 fully saturated rings. The standard InChI is InChI=1S/C18H32N4O3.HI/c1-4-19-18(21-12-16-11-17(14(2)3)22-25-16)20-8-6-9-23-13-15-7-5-10-24-15;/h11,14-15H,4-10,12-13H2,1-3H3,(H2,19,20,21);1H. The van der Waals surface area contributed by atoms with E-state index in [1.54, 1.807) is 0 Å². The first kappa shape index (κ1) is 23.2. The van der Waals surface area contributed by atoms with Gasteiger partial charge in [-0.1, -0.05) is 19.0 Å². The van der Waals surface area contributed by atoms with E-state index in [4.69, 9.17) is 14.0 Å². The molecule has 1 saturated heterocycles. The first-order valence-corrected chi connectivity index (χ1v) is 9.36. The normalized spacial score (nSPS) is 17.4. The number of rotatable bonds is 10. The average Bonchev–Trinajstić information content (AvgIpc) is 3.27. The Morgan fingerprint density at radius 2 is 2.27 bits per heavy atom. The van der Waals surface area contributed by atoms with Crippen LogP contribution in [0, 0.1) is 0 Å². The minimum Gasteiger partial charge on any atom is -0.379 e. The Balaban J connectivity index is 0.00000338. The maximum absolute atomic E-state index is 5.67. The van der Waals surface area contributed by atoms with Crippen molar-refractivity contribution in [3.05, 3.63) is 17.5 Å². The number of nitrogens with one attached hydrogen (secondary N) is 2. The van der Waals surface area contributed by atoms with Gasteiger partial charge in [-0.25, -0.2) is 4.99 Å². The summed E-state index contributed by atoms with van der Waals surface area (Å²) in [5, 5.41) is 10.6. The molecule has 8 heteroatoms. The Bertz CT molecular complexity index is 516. The van der Waals surface area contributed by atoms with Gasteiger partial charge in [0.25, 0.3) is 0 Å². The van der Waals surface area contributed by atoms with Crippen LogP contribution in [0.4, 0.5) is 0 Å². The van der Waals surface area contributed by atoms with E-state index in [0.717, 1.165) is 63.0 Å². The number of halogens is 1. The second-order valence-electron chi connectivity index (χ2n) is 6.56. The lowest BCUT2D eigenvalue weighted by molar-refractivity contribution is 0.0168. The van der Waals surface area contributed by atoms with Crippen LogP contribution in [0.5, 0.6) is 0 Å². The Morgan fingerprint density at radius 3 is 2.92 bits per heavy atom. The van der Waals surface area contributed by atoms with Crippen LogP contribution in [0.2, 0.25) is 0 Å². The highest BCUT2D eigenvalue weighted by Gasteiger charge is 2.14. The van der Waals surface area contributed by atoms with Crippen molar-refractivity contribution in [2.75, 3.05) is 32.9 Å². The van der Waals surface area contributed by atoms with Crippen molar-refractivity contribution in [3.63, 3.8) is 0 Å². The van der Waals surface area contributed by atoms with Gasteiger partial charge in [0.1, 0.15) is 6.54 Å². The van der Waals surface area contributed by atoms with Crippen LogP contribution in [0.25, 0.3) is 0 Å². The first-order chi connectivity index (χ1) is 12.2. The predicted molar refractivity (Wildman–Crippen MR) is 113 cm³/mol. The van der Waals surface area contributed by atoms with Crippen LogP contribution in [-0.2, 0) is 16.0 Å². The van der Waals surface area contributed by atoms with E-state index in [2.05, 4.69) is 34.6 Å². The summed E-state index contributed by atoms with van der Waals surface area (Å²) in [5.74, 6) is 1.92. The van der Waals surface area contributed by atoms with E-state index >= 15 is 0 Å². The number of hydrogen-bond donors (Lipinski definition) is 2. The predicted octanol–water partition coefficient (Wildman–Crippen LogP) is 3.06. The summed E-state index contributed by atoms with van der Waals surface area (Å²) in [6, 6.07) is 1.97. The molecule has 0 saturated carbocycles. The van der Waals surface area contributed by atoms with Gasteiger partial charge < -0.3 is 24.6 Å². The number of guanidine groups is 1. The molecule has 2 N–H and O–H groups in total. The molecule has 150 valence electrons. The van der Waals surface area contributed by atoms with Crippen molar-refractivity contribution in [1.82, 2.24) is 15.8 Å². The Hall–Kier alpha value is -0.870. The first-order valence-electron chi connectivity index (χ1n) is 9.36. The number of aromatic nitrogens is 1. The van der Waals surface area contributed by atoms with Crippen molar-refractivity contribution < 1.29 is 14.0 Å². The highest BCUT2D eigenvalue weighted by molar-refractivity contribution is 14.0. The maximum Gasteiger partial charge on any atom is 0.191 e. The highest BCUT2D eigenvalue weighted by atomic mass is 127. The van der Waals surface area contributed by atoms with E-state index in [1.807, 2.05) is 13.0 Å². The molecule has 0 aromatic carbocycles. The number of nitrogens with zero attached hydrogens (tertiary/aromatic N) is 2. The smallest absolute Gasteiger partial charge is 0.191 e. The molecule has 7 nitrogen and oxygen atoms in total. The van der Waals surface area contributed by atoms with E-state index in [-0.39, 0.29) is 24.0 Å². The molecule has 0 radical (unpaired) electrons. The zero-order chi connectivity index (χ0) is 17.9. The van der Waals surface area contributed by atoms with Crippen molar-refractivity contribution in [3.8, 4) is 0 Å². The summed E-state index contributed by atoms with van der Waals surface area (Å²) in [6.07, 6.45) is 3.50. The van der Waals surface area contributed by atoms with Gasteiger partial charge in [0.2, 0.25) is 0 Å². The zero-order valence-electron chi connectivity index (χ0n) is 16.1. The van der Waals surface area contributed by atoms with E-state index in [1.165, 1.54) is 0 Å². The molecule has 0 aliphatic carbocycles. The largest absolute Gasteiger partial charge is 0.379 e. The van der Waals surface area contributed by atoms with Gasteiger partial charge in [-0.2, -0.15) is 0 Å². The second-order valence-corrected chi connectivity index (χ2v) is 6.56. The second kappa shape index (κ2) is 13.3. The lowest BCUT2D eigenvalue weighted by atomic mass is 10.1. The van der Waals surface area contributed by atoms with E-state index in [0.29, 0.717) is 25.2 Å². The number of aliphatic imine (C=N–C) groups is 1. The summed E-state index contributed by atoms with van der Waals surface area (Å²) in [6.45, 7) is 10.7. The summed E-state index contributed by atoms with van der Waals surface area (Å²) >= 11 is 0. The van der Waals surface area contributed by atoms with Crippen LogP contribution in [0.3, 0.4) is 0 Å². The Labute approximate surface area is 173 Å². The minimum absolute atomic E-state index is 0. The highest BCUT2D eigenvalue weighted by Crippen LogP contribution is 2.14. The average molecular weight is 480 g/mol. The topological polar surface area (TPSA) is 80.9 Å². The summed E-state index contributed by atoms with van der Waals surface area (Å²) in [7, 11) is 0. The van der Waals surface area contributed by atoms with Gasteiger partial charge in [-0.15, -0.1) is 24.0 Å². The monoisotopic (exact) mass is 480 g/mol. The fraction of sp³-hybridized carbons (Fsp3) is 0.778. The van der Waals surface area contributed by atoms with Gasteiger partial charge in [0, 0.05) is 32.4 Å². The van der Waals surface area contributed by atoms with Crippen LogP contribution in [-0.4, -0.2) is 50.1 Å². The summed E-state index contributed by atoms with van der Waals surface area (Å²) in [4.78, 5) is 4.54. The molecule has 26 heavy (non-hydrogen) atoms. The molecule has 2 heterocycles. The fourth-order valence-corrected chi connectivity index (χ4v) is 2.55. The molecular formula is C18H33IN4O3. The van der Waals surface area contributed by atoms with Crippen LogP contribution in [0.1, 0.15) is 57.4 Å². The molecule has 0 amide bonds. The molecule has 0 spiro atoms. The van der Waals surface area contributed by atoms with Crippen molar-refractivity contribution in [2.24, 2.45) is 4.99 Å². The molecule has 1 atom stereocenters. The Kier molecular flexibility index (Phi) is 11.9. The zero-order valence-corrected chi connectivity index (χ0v) is 18.5. The lowest BCUT2D eigenvalue weighted by Crippen LogP contribution is -2.38. The van der Waals surface area contributed by atoms with Gasteiger partial charge in [0.05, 0.1) is 18.4 Å². The third kappa shape index (κ3) is 8.68.